The van der Waals surface area contributed by atoms with Gasteiger partial charge in [-0.2, -0.15) is 0 Å². The molecular formula is C17H18ClFN2O4S. The lowest BCUT2D eigenvalue weighted by atomic mass is 10.2. The molecule has 2 rings (SSSR count). The van der Waals surface area contributed by atoms with Crippen LogP contribution in [0.2, 0.25) is 5.02 Å². The van der Waals surface area contributed by atoms with E-state index >= 15 is 0 Å². The molecule has 0 saturated heterocycles. The van der Waals surface area contributed by atoms with Crippen molar-refractivity contribution in [1.29, 1.82) is 0 Å². The Kier molecular flexibility index (Phi) is 6.71. The zero-order valence-electron chi connectivity index (χ0n) is 14.1. The molecule has 0 aliphatic heterocycles. The zero-order valence-corrected chi connectivity index (χ0v) is 15.7. The summed E-state index contributed by atoms with van der Waals surface area (Å²) in [5.41, 5.74) is 0.161. The number of nitrogens with one attached hydrogen (secondary N) is 2. The van der Waals surface area contributed by atoms with Gasteiger partial charge in [-0.15, -0.1) is 0 Å². The maximum atomic E-state index is 14.3. The van der Waals surface area contributed by atoms with Crippen LogP contribution in [0.4, 0.5) is 10.1 Å². The molecule has 0 unspecified atom stereocenters. The van der Waals surface area contributed by atoms with Crippen LogP contribution in [0.3, 0.4) is 0 Å². The highest BCUT2D eigenvalue weighted by Crippen LogP contribution is 2.20. The van der Waals surface area contributed by atoms with Crippen molar-refractivity contribution in [2.75, 3.05) is 19.0 Å². The molecule has 0 saturated carbocycles. The number of amides is 1. The van der Waals surface area contributed by atoms with Crippen molar-refractivity contribution < 1.29 is 22.3 Å². The summed E-state index contributed by atoms with van der Waals surface area (Å²) >= 11 is 5.76. The number of hydrogen-bond acceptors (Lipinski definition) is 4. The van der Waals surface area contributed by atoms with E-state index in [1.165, 1.54) is 43.5 Å². The Hall–Kier alpha value is -2.00. The number of hydrogen-bond donors (Lipinski definition) is 2. The Bertz CT molecular complexity index is 888. The molecule has 1 amide bonds. The van der Waals surface area contributed by atoms with E-state index in [1.54, 1.807) is 6.92 Å². The maximum Gasteiger partial charge on any atom is 0.255 e. The van der Waals surface area contributed by atoms with Crippen molar-refractivity contribution in [1.82, 2.24) is 4.72 Å². The molecule has 0 radical (unpaired) electrons. The first-order valence-electron chi connectivity index (χ1n) is 7.60. The molecule has 0 aromatic heterocycles. The zero-order chi connectivity index (χ0) is 19.3. The Morgan fingerprint density at radius 3 is 2.46 bits per heavy atom. The Labute approximate surface area is 156 Å². The average molecular weight is 401 g/mol. The van der Waals surface area contributed by atoms with Gasteiger partial charge in [0.05, 0.1) is 17.2 Å². The monoisotopic (exact) mass is 400 g/mol. The highest BCUT2D eigenvalue weighted by atomic mass is 35.5. The van der Waals surface area contributed by atoms with Crippen LogP contribution in [-0.2, 0) is 14.8 Å². The van der Waals surface area contributed by atoms with Gasteiger partial charge in [0.1, 0.15) is 5.82 Å². The second-order valence-electron chi connectivity index (χ2n) is 5.58. The highest BCUT2D eigenvalue weighted by Gasteiger charge is 2.19. The van der Waals surface area contributed by atoms with Gasteiger partial charge < -0.3 is 10.1 Å². The number of sulfonamides is 1. The summed E-state index contributed by atoms with van der Waals surface area (Å²) in [6.07, 6.45) is 0. The third-order valence-corrected chi connectivity index (χ3v) is 5.22. The van der Waals surface area contributed by atoms with Gasteiger partial charge in [-0.1, -0.05) is 11.6 Å². The highest BCUT2D eigenvalue weighted by molar-refractivity contribution is 7.89. The summed E-state index contributed by atoms with van der Waals surface area (Å²) in [7, 11) is -2.46. The molecule has 9 heteroatoms. The summed E-state index contributed by atoms with van der Waals surface area (Å²) in [4.78, 5) is 11.9. The van der Waals surface area contributed by atoms with Crippen LogP contribution in [-0.4, -0.2) is 34.1 Å². The minimum atomic E-state index is -3.90. The van der Waals surface area contributed by atoms with E-state index < -0.39 is 27.8 Å². The van der Waals surface area contributed by atoms with Crippen molar-refractivity contribution >= 4 is 33.2 Å². The predicted molar refractivity (Wildman–Crippen MR) is 97.5 cm³/mol. The van der Waals surface area contributed by atoms with Crippen LogP contribution in [0.1, 0.15) is 17.3 Å². The van der Waals surface area contributed by atoms with Crippen LogP contribution in [0.15, 0.2) is 47.4 Å². The van der Waals surface area contributed by atoms with Gasteiger partial charge in [-0.05, 0) is 49.4 Å². The molecule has 2 aromatic rings. The van der Waals surface area contributed by atoms with E-state index in [4.69, 9.17) is 16.3 Å². The van der Waals surface area contributed by atoms with Gasteiger partial charge in [0, 0.05) is 23.7 Å². The van der Waals surface area contributed by atoms with Crippen LogP contribution < -0.4 is 10.0 Å². The summed E-state index contributed by atoms with van der Waals surface area (Å²) in [6.45, 7) is 1.80. The molecular weight excluding hydrogens is 383 g/mol. The lowest BCUT2D eigenvalue weighted by Gasteiger charge is -2.14. The molecule has 140 valence electrons. The third-order valence-electron chi connectivity index (χ3n) is 3.38. The molecule has 0 aliphatic carbocycles. The average Bonchev–Trinajstić information content (AvgIpc) is 2.56. The molecule has 0 heterocycles. The lowest BCUT2D eigenvalue weighted by Crippen LogP contribution is -2.35. The topological polar surface area (TPSA) is 84.5 Å². The number of carbonyl (C=O) groups is 1. The molecule has 0 bridgehead atoms. The lowest BCUT2D eigenvalue weighted by molar-refractivity contribution is 0.102. The van der Waals surface area contributed by atoms with Gasteiger partial charge >= 0.3 is 0 Å². The van der Waals surface area contributed by atoms with Crippen molar-refractivity contribution in [2.45, 2.75) is 17.9 Å². The van der Waals surface area contributed by atoms with Crippen LogP contribution in [0, 0.1) is 5.82 Å². The Morgan fingerprint density at radius 2 is 1.88 bits per heavy atom. The van der Waals surface area contributed by atoms with E-state index in [0.717, 1.165) is 6.07 Å². The SMILES string of the molecule is COC[C@@H](C)NS(=O)(=O)c1ccc(NC(=O)c2ccc(Cl)cc2)c(F)c1. The first-order chi connectivity index (χ1) is 12.2. The number of halogens is 2. The predicted octanol–water partition coefficient (Wildman–Crippen LogP) is 3.04. The third kappa shape index (κ3) is 5.25. The van der Waals surface area contributed by atoms with Crippen molar-refractivity contribution in [2.24, 2.45) is 0 Å². The normalized spacial score (nSPS) is 12.6. The second-order valence-corrected chi connectivity index (χ2v) is 7.73. The van der Waals surface area contributed by atoms with Crippen LogP contribution in [0.5, 0.6) is 0 Å². The molecule has 0 fully saturated rings. The quantitative estimate of drug-likeness (QED) is 0.748. The number of benzene rings is 2. The van der Waals surface area contributed by atoms with E-state index in [9.17, 15) is 17.6 Å². The first-order valence-corrected chi connectivity index (χ1v) is 9.47. The van der Waals surface area contributed by atoms with Crippen molar-refractivity contribution in [3.63, 3.8) is 0 Å². The molecule has 26 heavy (non-hydrogen) atoms. The fourth-order valence-corrected chi connectivity index (χ4v) is 3.54. The fraction of sp³-hybridized carbons (Fsp3) is 0.235. The molecule has 2 aromatic carbocycles. The Morgan fingerprint density at radius 1 is 1.23 bits per heavy atom. The largest absolute Gasteiger partial charge is 0.383 e. The smallest absolute Gasteiger partial charge is 0.255 e. The maximum absolute atomic E-state index is 14.3. The van der Waals surface area contributed by atoms with Crippen molar-refractivity contribution in [3.05, 3.63) is 58.9 Å². The number of methoxy groups -OCH3 is 1. The van der Waals surface area contributed by atoms with Crippen LogP contribution in [0.25, 0.3) is 0 Å². The number of rotatable bonds is 7. The summed E-state index contributed by atoms with van der Waals surface area (Å²) in [6, 6.07) is 8.84. The standard InChI is InChI=1S/C17H18ClFN2O4S/c1-11(10-25-2)21-26(23,24)14-7-8-16(15(19)9-14)20-17(22)12-3-5-13(18)6-4-12/h3-9,11,21H,10H2,1-2H3,(H,20,22)/t11-/m1/s1. The molecule has 2 N–H and O–H groups in total. The molecule has 1 atom stereocenters. The summed E-state index contributed by atoms with van der Waals surface area (Å²) in [5, 5.41) is 2.86. The molecule has 0 spiro atoms. The van der Waals surface area contributed by atoms with E-state index in [-0.39, 0.29) is 17.2 Å². The minimum absolute atomic E-state index is 0.131. The van der Waals surface area contributed by atoms with E-state index in [0.29, 0.717) is 10.6 Å². The molecule has 0 aliphatic rings. The van der Waals surface area contributed by atoms with Gasteiger partial charge in [0.15, 0.2) is 0 Å². The van der Waals surface area contributed by atoms with Gasteiger partial charge in [-0.3, -0.25) is 4.79 Å². The summed E-state index contributed by atoms with van der Waals surface area (Å²) < 4.78 is 45.9. The van der Waals surface area contributed by atoms with Crippen LogP contribution >= 0.6 is 11.6 Å². The fourth-order valence-electron chi connectivity index (χ4n) is 2.18. The first kappa shape index (κ1) is 20.3. The number of anilines is 1. The second kappa shape index (κ2) is 8.59. The Balaban J connectivity index is 2.16. The van der Waals surface area contributed by atoms with Crippen molar-refractivity contribution in [3.8, 4) is 0 Å². The van der Waals surface area contributed by atoms with Gasteiger partial charge in [-0.25, -0.2) is 17.5 Å². The minimum Gasteiger partial charge on any atom is -0.383 e. The van der Waals surface area contributed by atoms with Gasteiger partial charge in [0.25, 0.3) is 5.91 Å². The molecule has 6 nitrogen and oxygen atoms in total. The van der Waals surface area contributed by atoms with Gasteiger partial charge in [0.2, 0.25) is 10.0 Å². The number of ether oxygens (including phenoxy) is 1. The summed E-state index contributed by atoms with van der Waals surface area (Å²) in [5.74, 6) is -1.41. The van der Waals surface area contributed by atoms with E-state index in [1.807, 2.05) is 0 Å². The number of carbonyl (C=O) groups excluding carboxylic acids is 1. The van der Waals surface area contributed by atoms with E-state index in [2.05, 4.69) is 10.0 Å².